The smallest absolute Gasteiger partial charge is 0.407 e. The molecule has 1 aliphatic rings. The Balaban J connectivity index is 1.62. The van der Waals surface area contributed by atoms with E-state index in [0.29, 0.717) is 29.8 Å². The average Bonchev–Trinajstić information content (AvgIpc) is 2.68. The highest BCUT2D eigenvalue weighted by molar-refractivity contribution is 5.78. The van der Waals surface area contributed by atoms with Gasteiger partial charge < -0.3 is 24.6 Å². The molecule has 3 rings (SSSR count). The number of ether oxygens (including phenoxy) is 3. The Labute approximate surface area is 174 Å². The van der Waals surface area contributed by atoms with E-state index in [1.54, 1.807) is 32.9 Å². The van der Waals surface area contributed by atoms with Gasteiger partial charge in [-0.25, -0.2) is 14.2 Å². The number of rotatable bonds is 5. The monoisotopic (exact) mass is 421 g/mol. The van der Waals surface area contributed by atoms with Crippen LogP contribution >= 0.6 is 0 Å². The molecule has 0 aromatic carbocycles. The molecule has 30 heavy (non-hydrogen) atoms. The van der Waals surface area contributed by atoms with Gasteiger partial charge in [0.2, 0.25) is 5.88 Å². The highest BCUT2D eigenvalue weighted by atomic mass is 19.1. The first-order chi connectivity index (χ1) is 14.2. The molecule has 1 aliphatic heterocycles. The quantitative estimate of drug-likeness (QED) is 0.765. The average molecular weight is 421 g/mol. The van der Waals surface area contributed by atoms with E-state index in [9.17, 15) is 14.3 Å². The third kappa shape index (κ3) is 5.54. The van der Waals surface area contributed by atoms with Gasteiger partial charge in [0.05, 0.1) is 49.2 Å². The number of hydrogen-bond donors (Lipinski definition) is 2. The molecule has 2 unspecified atom stereocenters. The summed E-state index contributed by atoms with van der Waals surface area (Å²) in [5.41, 5.74) is 0.565. The third-order valence-corrected chi connectivity index (χ3v) is 4.82. The number of fused-ring (bicyclic) bond motifs is 1. The molecule has 3 heterocycles. The van der Waals surface area contributed by atoms with Crippen molar-refractivity contribution in [1.29, 1.82) is 0 Å². The number of methoxy groups -OCH3 is 1. The van der Waals surface area contributed by atoms with Crippen molar-refractivity contribution in [3.05, 3.63) is 29.7 Å². The Kier molecular flexibility index (Phi) is 6.72. The number of amides is 1. The minimum Gasteiger partial charge on any atom is -0.481 e. The molecule has 0 spiro atoms. The van der Waals surface area contributed by atoms with E-state index in [1.165, 1.54) is 7.11 Å². The molecular formula is C21H28FN3O5. The third-order valence-electron chi connectivity index (χ3n) is 4.82. The number of alkyl carbamates (subject to hydrolysis) is 1. The zero-order chi connectivity index (χ0) is 21.9. The van der Waals surface area contributed by atoms with Crippen molar-refractivity contribution < 1.29 is 28.5 Å². The molecule has 2 aromatic rings. The van der Waals surface area contributed by atoms with Crippen LogP contribution in [0.5, 0.6) is 5.88 Å². The first kappa shape index (κ1) is 22.2. The topological polar surface area (TPSA) is 103 Å². The van der Waals surface area contributed by atoms with E-state index < -0.39 is 29.7 Å². The molecule has 164 valence electrons. The number of nitrogens with one attached hydrogen (secondary N) is 1. The summed E-state index contributed by atoms with van der Waals surface area (Å²) < 4.78 is 30.6. The van der Waals surface area contributed by atoms with Gasteiger partial charge in [0.25, 0.3) is 0 Å². The lowest BCUT2D eigenvalue weighted by Crippen LogP contribution is -2.47. The first-order valence-corrected chi connectivity index (χ1v) is 9.93. The van der Waals surface area contributed by atoms with Gasteiger partial charge in [-0.15, -0.1) is 0 Å². The van der Waals surface area contributed by atoms with Gasteiger partial charge in [-0.2, -0.15) is 0 Å². The van der Waals surface area contributed by atoms with E-state index >= 15 is 0 Å². The fraction of sp³-hybridized carbons (Fsp3) is 0.571. The Bertz CT molecular complexity index is 894. The highest BCUT2D eigenvalue weighted by Crippen LogP contribution is 2.25. The molecule has 3 atom stereocenters. The summed E-state index contributed by atoms with van der Waals surface area (Å²) >= 11 is 0. The molecule has 0 radical (unpaired) electrons. The maximum Gasteiger partial charge on any atom is 0.407 e. The van der Waals surface area contributed by atoms with E-state index in [1.807, 2.05) is 0 Å². The Morgan fingerprint density at radius 1 is 1.40 bits per heavy atom. The standard InChI is InChI=1S/C21H28FN3O5/c1-21(2,3)30-20(27)24-12-5-7-17(29-11-12)16(26)9-13-14(22)10-23-15-6-8-18(28-4)25-19(13)15/h6,8,10,12,16-17,26H,5,7,9,11H2,1-4H3,(H,24,27)/t12?,16-,17?/m0/s1. The largest absolute Gasteiger partial charge is 0.481 e. The first-order valence-electron chi connectivity index (χ1n) is 9.93. The molecule has 9 heteroatoms. The SMILES string of the molecule is COc1ccc2ncc(F)c(C[C@H](O)C3CCC(NC(=O)OC(C)(C)C)CO3)c2n1. The summed E-state index contributed by atoms with van der Waals surface area (Å²) in [5, 5.41) is 13.4. The van der Waals surface area contributed by atoms with Gasteiger partial charge in [0.1, 0.15) is 11.4 Å². The fourth-order valence-electron chi connectivity index (χ4n) is 3.39. The molecular weight excluding hydrogens is 393 g/mol. The number of carbonyl (C=O) groups is 1. The maximum absolute atomic E-state index is 14.5. The molecule has 8 nitrogen and oxygen atoms in total. The second kappa shape index (κ2) is 9.09. The summed E-state index contributed by atoms with van der Waals surface area (Å²) in [5.74, 6) is -0.196. The lowest BCUT2D eigenvalue weighted by atomic mass is 9.96. The second-order valence-corrected chi connectivity index (χ2v) is 8.37. The van der Waals surface area contributed by atoms with Crippen LogP contribution in [0.2, 0.25) is 0 Å². The predicted molar refractivity (Wildman–Crippen MR) is 108 cm³/mol. The zero-order valence-corrected chi connectivity index (χ0v) is 17.6. The van der Waals surface area contributed by atoms with Crippen LogP contribution in [0.3, 0.4) is 0 Å². The van der Waals surface area contributed by atoms with Crippen molar-refractivity contribution in [3.63, 3.8) is 0 Å². The number of halogens is 1. The van der Waals surface area contributed by atoms with Crippen LogP contribution in [0.4, 0.5) is 9.18 Å². The van der Waals surface area contributed by atoms with Gasteiger partial charge >= 0.3 is 6.09 Å². The molecule has 1 amide bonds. The second-order valence-electron chi connectivity index (χ2n) is 8.37. The van der Waals surface area contributed by atoms with Gasteiger partial charge in [0, 0.05) is 18.1 Å². The number of hydrogen-bond acceptors (Lipinski definition) is 7. The van der Waals surface area contributed by atoms with Crippen molar-refractivity contribution in [2.45, 2.75) is 63.9 Å². The minimum atomic E-state index is -0.930. The van der Waals surface area contributed by atoms with E-state index in [2.05, 4.69) is 15.3 Å². The molecule has 0 saturated carbocycles. The number of pyridine rings is 2. The van der Waals surface area contributed by atoms with Crippen molar-refractivity contribution in [2.75, 3.05) is 13.7 Å². The molecule has 1 saturated heterocycles. The van der Waals surface area contributed by atoms with Gasteiger partial charge in [0.15, 0.2) is 0 Å². The van der Waals surface area contributed by atoms with Gasteiger partial charge in [-0.3, -0.25) is 4.98 Å². The predicted octanol–water partition coefficient (Wildman–Crippen LogP) is 2.75. The minimum absolute atomic E-state index is 0.0276. The molecule has 1 fully saturated rings. The lowest BCUT2D eigenvalue weighted by molar-refractivity contribution is -0.0720. The number of aromatic nitrogens is 2. The highest BCUT2D eigenvalue weighted by Gasteiger charge is 2.30. The normalized spacial score (nSPS) is 20.6. The Hall–Kier alpha value is -2.52. The number of nitrogens with zero attached hydrogens (tertiary/aromatic N) is 2. The van der Waals surface area contributed by atoms with Crippen molar-refractivity contribution in [1.82, 2.24) is 15.3 Å². The summed E-state index contributed by atoms with van der Waals surface area (Å²) in [6, 6.07) is 3.14. The van der Waals surface area contributed by atoms with Crippen molar-refractivity contribution in [2.24, 2.45) is 0 Å². The van der Waals surface area contributed by atoms with E-state index in [0.717, 1.165) is 6.20 Å². The Morgan fingerprint density at radius 2 is 2.17 bits per heavy atom. The Morgan fingerprint density at radius 3 is 2.80 bits per heavy atom. The van der Waals surface area contributed by atoms with Crippen molar-refractivity contribution >= 4 is 17.1 Å². The lowest BCUT2D eigenvalue weighted by Gasteiger charge is -2.32. The van der Waals surface area contributed by atoms with E-state index in [-0.39, 0.29) is 24.6 Å². The van der Waals surface area contributed by atoms with Crippen LogP contribution in [0.15, 0.2) is 18.3 Å². The van der Waals surface area contributed by atoms with Crippen LogP contribution in [-0.4, -0.2) is 58.7 Å². The summed E-state index contributed by atoms with van der Waals surface area (Å²) in [6.07, 6.45) is 0.382. The molecule has 2 N–H and O–H groups in total. The van der Waals surface area contributed by atoms with Crippen LogP contribution in [0.25, 0.3) is 11.0 Å². The maximum atomic E-state index is 14.5. The number of aliphatic hydroxyl groups excluding tert-OH is 1. The molecule has 0 aliphatic carbocycles. The van der Waals surface area contributed by atoms with Gasteiger partial charge in [-0.1, -0.05) is 0 Å². The van der Waals surface area contributed by atoms with Crippen LogP contribution in [0.1, 0.15) is 39.2 Å². The van der Waals surface area contributed by atoms with Crippen LogP contribution in [-0.2, 0) is 15.9 Å². The number of aliphatic hydroxyl groups is 1. The van der Waals surface area contributed by atoms with Crippen LogP contribution < -0.4 is 10.1 Å². The van der Waals surface area contributed by atoms with Crippen molar-refractivity contribution in [3.8, 4) is 5.88 Å². The molecule has 2 aromatic heterocycles. The van der Waals surface area contributed by atoms with Crippen LogP contribution in [0, 0.1) is 5.82 Å². The van der Waals surface area contributed by atoms with Gasteiger partial charge in [-0.05, 0) is 39.7 Å². The summed E-state index contributed by atoms with van der Waals surface area (Å²) in [7, 11) is 1.48. The van der Waals surface area contributed by atoms with E-state index in [4.69, 9.17) is 14.2 Å². The number of carbonyl (C=O) groups excluding carboxylic acids is 1. The summed E-state index contributed by atoms with van der Waals surface area (Å²) in [6.45, 7) is 5.63. The molecule has 0 bridgehead atoms. The zero-order valence-electron chi connectivity index (χ0n) is 17.6. The summed E-state index contributed by atoms with van der Waals surface area (Å²) in [4.78, 5) is 20.2. The fourth-order valence-corrected chi connectivity index (χ4v) is 3.39.